The van der Waals surface area contributed by atoms with E-state index >= 15 is 0 Å². The molecule has 0 saturated carbocycles. The molecule has 0 radical (unpaired) electrons. The van der Waals surface area contributed by atoms with Crippen LogP contribution in [0.1, 0.15) is 75.2 Å². The number of amidine groups is 2. The van der Waals surface area contributed by atoms with Gasteiger partial charge in [0.25, 0.3) is 0 Å². The monoisotopic (exact) mass is 498 g/mol. The van der Waals surface area contributed by atoms with Gasteiger partial charge in [0, 0.05) is 48.7 Å². The van der Waals surface area contributed by atoms with E-state index in [0.29, 0.717) is 0 Å². The minimum atomic E-state index is -0.660. The van der Waals surface area contributed by atoms with Crippen molar-refractivity contribution in [3.05, 3.63) is 55.9 Å². The average Bonchev–Trinajstić information content (AvgIpc) is 3.43. The Morgan fingerprint density at radius 1 is 0.459 bits per heavy atom. The zero-order valence-corrected chi connectivity index (χ0v) is 25.2. The zero-order valence-electron chi connectivity index (χ0n) is 25.2. The molecule has 4 aliphatic rings. The largest absolute Gasteiger partial charge is 0.608 e. The number of nitrogens with zero attached hydrogens (tertiary/aromatic N) is 6. The van der Waals surface area contributed by atoms with Gasteiger partial charge in [-0.1, -0.05) is 9.14 Å². The Kier molecular flexibility index (Phi) is 4.54. The van der Waals surface area contributed by atoms with Crippen LogP contribution in [0.2, 0.25) is 0 Å². The number of hydrogen-bond acceptors (Lipinski definition) is 0. The lowest BCUT2D eigenvalue weighted by Gasteiger charge is -2.32. The summed E-state index contributed by atoms with van der Waals surface area (Å²) in [6.07, 6.45) is 0. The van der Waals surface area contributed by atoms with Crippen LogP contribution in [-0.2, 0) is 5.91 Å². The molecule has 1 spiro atoms. The molecule has 0 N–H and O–H groups in total. The lowest BCUT2D eigenvalue weighted by atomic mass is 10.1. The van der Waals surface area contributed by atoms with Crippen LogP contribution in [0.3, 0.4) is 0 Å². The summed E-state index contributed by atoms with van der Waals surface area (Å²) in [7, 11) is 4.49. The van der Waals surface area contributed by atoms with Crippen LogP contribution >= 0.6 is 0 Å². The van der Waals surface area contributed by atoms with Gasteiger partial charge in [-0.05, 0) is 72.5 Å². The number of rotatable bonds is 0. The highest BCUT2D eigenvalue weighted by Gasteiger charge is 2.78. The molecule has 192 valence electrons. The summed E-state index contributed by atoms with van der Waals surface area (Å²) >= 11 is 0. The van der Waals surface area contributed by atoms with Crippen molar-refractivity contribution >= 4 is 34.7 Å². The third kappa shape index (κ3) is 2.27. The third-order valence-electron chi connectivity index (χ3n) is 10.4. The third-order valence-corrected chi connectivity index (χ3v) is 10.4. The Morgan fingerprint density at radius 2 is 0.784 bits per heavy atom. The van der Waals surface area contributed by atoms with Crippen molar-refractivity contribution in [1.29, 1.82) is 0 Å². The van der Waals surface area contributed by atoms with E-state index in [1.807, 2.05) is 0 Å². The van der Waals surface area contributed by atoms with E-state index < -0.39 is 5.91 Å². The van der Waals surface area contributed by atoms with E-state index in [4.69, 9.17) is 0 Å². The Morgan fingerprint density at radius 3 is 1.11 bits per heavy atom. The molecule has 6 nitrogen and oxygen atoms in total. The zero-order chi connectivity index (χ0) is 27.2. The SMILES string of the molecule is CC1=C(C)C(C)=[N+]2C1=[N+](C)c1c(C)c(C)c(C)n1C21n2c(C)c(C)c(C)c2[N+](C)=C2C(C)=C(C)C(C)=[N+]21. The van der Waals surface area contributed by atoms with Crippen LogP contribution in [0, 0.1) is 41.5 Å². The molecule has 6 rings (SSSR count). The first-order valence-corrected chi connectivity index (χ1v) is 13.5. The van der Waals surface area contributed by atoms with Crippen molar-refractivity contribution < 1.29 is 18.3 Å². The van der Waals surface area contributed by atoms with Gasteiger partial charge in [-0.25, -0.2) is 0 Å². The van der Waals surface area contributed by atoms with Crippen molar-refractivity contribution in [2.24, 2.45) is 0 Å². The summed E-state index contributed by atoms with van der Waals surface area (Å²) in [5, 5.41) is 0. The summed E-state index contributed by atoms with van der Waals surface area (Å²) in [6, 6.07) is 0. The smallest absolute Gasteiger partial charge is 0.156 e. The molecule has 37 heavy (non-hydrogen) atoms. The first-order valence-electron chi connectivity index (χ1n) is 13.5. The normalized spacial score (nSPS) is 20.3. The van der Waals surface area contributed by atoms with E-state index in [-0.39, 0.29) is 0 Å². The highest BCUT2D eigenvalue weighted by atomic mass is 15.7. The minimum absolute atomic E-state index is 0.660. The second-order valence-corrected chi connectivity index (χ2v) is 11.7. The topological polar surface area (TPSA) is 21.9 Å². The van der Waals surface area contributed by atoms with Crippen LogP contribution in [0.15, 0.2) is 22.3 Å². The molecule has 0 aromatic carbocycles. The Hall–Kier alpha value is -3.28. The van der Waals surface area contributed by atoms with Crippen LogP contribution in [-0.4, -0.2) is 64.6 Å². The Labute approximate surface area is 221 Å². The van der Waals surface area contributed by atoms with Crippen LogP contribution < -0.4 is 0 Å². The highest BCUT2D eigenvalue weighted by Crippen LogP contribution is 2.49. The summed E-state index contributed by atoms with van der Waals surface area (Å²) in [5.41, 5.74) is 16.1. The second-order valence-electron chi connectivity index (χ2n) is 11.7. The molecule has 0 amide bonds. The van der Waals surface area contributed by atoms with Gasteiger partial charge in [-0.3, -0.25) is 0 Å². The molecule has 0 saturated heterocycles. The quantitative estimate of drug-likeness (QED) is 0.441. The van der Waals surface area contributed by atoms with Crippen LogP contribution in [0.25, 0.3) is 0 Å². The molecular weight excluding hydrogens is 456 g/mol. The summed E-state index contributed by atoms with van der Waals surface area (Å²) < 4.78 is 15.4. The van der Waals surface area contributed by atoms with Gasteiger partial charge in [-0.15, -0.1) is 9.14 Å². The molecule has 0 fully saturated rings. The Balaban J connectivity index is 2.00. The fraction of sp³-hybridized carbons (Fsp3) is 0.484. The van der Waals surface area contributed by atoms with Gasteiger partial charge in [0.15, 0.2) is 0 Å². The molecule has 2 aromatic heterocycles. The van der Waals surface area contributed by atoms with Gasteiger partial charge in [0.1, 0.15) is 31.1 Å². The standard InChI is InChI=1S/C31H42N6/c1-15-19(5)27-32(13)28-20(6)16(2)24(10)35(28)31(34(27)23(15)9)36-25(11)17(3)21(7)29(36)33(14)30-22(8)18(4)26(12)37(30)31/h1-14H3/q+4. The minimum Gasteiger partial charge on any atom is -0.156 e. The highest BCUT2D eigenvalue weighted by molar-refractivity contribution is 6.12. The van der Waals surface area contributed by atoms with Crippen molar-refractivity contribution in [1.82, 2.24) is 9.13 Å². The van der Waals surface area contributed by atoms with Crippen LogP contribution in [0.4, 0.5) is 11.6 Å². The maximum atomic E-state index is 2.63. The molecule has 6 heteroatoms. The number of fused-ring (bicyclic) bond motifs is 8. The maximum Gasteiger partial charge on any atom is 0.608 e. The van der Waals surface area contributed by atoms with Gasteiger partial charge < -0.3 is 0 Å². The van der Waals surface area contributed by atoms with E-state index in [0.717, 1.165) is 0 Å². The van der Waals surface area contributed by atoms with Gasteiger partial charge in [-0.2, -0.15) is 4.58 Å². The van der Waals surface area contributed by atoms with E-state index in [2.05, 4.69) is 125 Å². The lowest BCUT2D eigenvalue weighted by molar-refractivity contribution is -0.822. The van der Waals surface area contributed by atoms with Gasteiger partial charge >= 0.3 is 29.2 Å². The molecule has 0 unspecified atom stereocenters. The van der Waals surface area contributed by atoms with E-state index in [9.17, 15) is 0 Å². The van der Waals surface area contributed by atoms with E-state index in [1.54, 1.807) is 0 Å². The molecule has 0 aliphatic carbocycles. The molecule has 0 atom stereocenters. The van der Waals surface area contributed by atoms with Crippen LogP contribution in [0.5, 0.6) is 0 Å². The number of hydrogen-bond donors (Lipinski definition) is 0. The van der Waals surface area contributed by atoms with Crippen molar-refractivity contribution in [2.45, 2.75) is 89.0 Å². The molecule has 2 aromatic rings. The molecule has 4 aliphatic heterocycles. The predicted octanol–water partition coefficient (Wildman–Crippen LogP) is 5.27. The number of allylic oxidation sites excluding steroid dienone is 2. The Bertz CT molecular complexity index is 1600. The fourth-order valence-electron chi connectivity index (χ4n) is 7.61. The van der Waals surface area contributed by atoms with Crippen molar-refractivity contribution in [3.8, 4) is 0 Å². The number of aromatic nitrogens is 2. The molecule has 6 heterocycles. The van der Waals surface area contributed by atoms with E-state index in [1.165, 1.54) is 90.7 Å². The van der Waals surface area contributed by atoms with Crippen molar-refractivity contribution in [2.75, 3.05) is 14.1 Å². The van der Waals surface area contributed by atoms with Crippen molar-refractivity contribution in [3.63, 3.8) is 0 Å². The first-order chi connectivity index (χ1) is 17.2. The predicted molar refractivity (Wildman–Crippen MR) is 151 cm³/mol. The molecule has 0 bridgehead atoms. The first kappa shape index (κ1) is 24.1. The molecular formula is C31H42N6+4. The summed E-state index contributed by atoms with van der Waals surface area (Å²) in [5.74, 6) is 4.44. The summed E-state index contributed by atoms with van der Waals surface area (Å²) in [6.45, 7) is 27.5. The lowest BCUT2D eigenvalue weighted by Crippen LogP contribution is -2.68. The summed E-state index contributed by atoms with van der Waals surface area (Å²) in [4.78, 5) is 0. The second kappa shape index (κ2) is 6.97. The van der Waals surface area contributed by atoms with Gasteiger partial charge in [0.05, 0.1) is 11.1 Å². The fourth-order valence-corrected chi connectivity index (χ4v) is 7.61. The van der Waals surface area contributed by atoms with Gasteiger partial charge in [0.2, 0.25) is 5.71 Å². The average molecular weight is 499 g/mol. The maximum absolute atomic E-state index is 2.63.